The van der Waals surface area contributed by atoms with E-state index in [9.17, 15) is 10.1 Å². The first-order valence-electron chi connectivity index (χ1n) is 10.8. The number of aromatic nitrogens is 3. The number of hydrogen-bond acceptors (Lipinski definition) is 5. The predicted octanol–water partition coefficient (Wildman–Crippen LogP) is 3.67. The third-order valence-corrected chi connectivity index (χ3v) is 6.48. The molecule has 2 atom stereocenters. The van der Waals surface area contributed by atoms with Gasteiger partial charge in [0.1, 0.15) is 6.10 Å². The molecule has 5 rings (SSSR count). The molecule has 0 bridgehead atoms. The highest BCUT2D eigenvalue weighted by Crippen LogP contribution is 2.49. The summed E-state index contributed by atoms with van der Waals surface area (Å²) in [6, 6.07) is 10.1. The standard InChI is InChI=1S/C24H25N5O2/c1-16-13-28-12-11-26-22(21(28)27-16)31-18-8-7-17(2)29(14-18)23(30)19-5-3-4-6-20(19)24(15-25)9-10-24/h3-6,11-13,17-18H,7-10,14H2,1-2H3/t17-,18-/m1/s1. The van der Waals surface area contributed by atoms with Crippen LogP contribution in [0.3, 0.4) is 0 Å². The van der Waals surface area contributed by atoms with E-state index in [4.69, 9.17) is 4.74 Å². The summed E-state index contributed by atoms with van der Waals surface area (Å²) in [7, 11) is 0. The summed E-state index contributed by atoms with van der Waals surface area (Å²) in [5.74, 6) is 0.463. The molecular formula is C24H25N5O2. The van der Waals surface area contributed by atoms with Gasteiger partial charge in [-0.1, -0.05) is 18.2 Å². The van der Waals surface area contributed by atoms with E-state index in [1.807, 2.05) is 52.9 Å². The molecule has 1 saturated carbocycles. The summed E-state index contributed by atoms with van der Waals surface area (Å²) in [5, 5.41) is 9.66. The molecule has 2 aromatic heterocycles. The lowest BCUT2D eigenvalue weighted by molar-refractivity contribution is 0.0374. The molecule has 0 radical (unpaired) electrons. The van der Waals surface area contributed by atoms with E-state index in [2.05, 4.69) is 23.0 Å². The first-order chi connectivity index (χ1) is 15.0. The third kappa shape index (κ3) is 3.42. The molecule has 3 heterocycles. The van der Waals surface area contributed by atoms with E-state index in [0.717, 1.165) is 36.9 Å². The minimum atomic E-state index is -0.501. The zero-order chi connectivity index (χ0) is 21.6. The lowest BCUT2D eigenvalue weighted by atomic mass is 9.91. The summed E-state index contributed by atoms with van der Waals surface area (Å²) < 4.78 is 8.14. The fourth-order valence-electron chi connectivity index (χ4n) is 4.52. The molecule has 2 fully saturated rings. The number of amides is 1. The van der Waals surface area contributed by atoms with Crippen LogP contribution >= 0.6 is 0 Å². The van der Waals surface area contributed by atoms with E-state index < -0.39 is 5.41 Å². The third-order valence-electron chi connectivity index (χ3n) is 6.48. The van der Waals surface area contributed by atoms with Crippen LogP contribution in [0.4, 0.5) is 0 Å². The number of imidazole rings is 1. The van der Waals surface area contributed by atoms with Gasteiger partial charge >= 0.3 is 0 Å². The highest BCUT2D eigenvalue weighted by Gasteiger charge is 2.47. The van der Waals surface area contributed by atoms with Gasteiger partial charge in [0.15, 0.2) is 0 Å². The minimum Gasteiger partial charge on any atom is -0.470 e. The SMILES string of the molecule is Cc1cn2ccnc(O[C@@H]3CC[C@@H](C)N(C(=O)c4ccccc4C4(C#N)CC4)C3)c2n1. The number of carbonyl (C=O) groups is 1. The van der Waals surface area contributed by atoms with Gasteiger partial charge in [0.2, 0.25) is 5.65 Å². The molecule has 0 spiro atoms. The Hall–Kier alpha value is -3.40. The number of piperidine rings is 1. The molecule has 0 unspecified atom stereocenters. The van der Waals surface area contributed by atoms with Crippen molar-refractivity contribution in [1.82, 2.24) is 19.3 Å². The van der Waals surface area contributed by atoms with Gasteiger partial charge in [-0.3, -0.25) is 4.79 Å². The van der Waals surface area contributed by atoms with Crippen LogP contribution in [-0.2, 0) is 5.41 Å². The Balaban J connectivity index is 1.39. The average molecular weight is 415 g/mol. The van der Waals surface area contributed by atoms with Gasteiger partial charge in [0.05, 0.1) is 23.7 Å². The number of fused-ring (bicyclic) bond motifs is 1. The Kier molecular flexibility index (Phi) is 4.66. The van der Waals surface area contributed by atoms with Crippen LogP contribution < -0.4 is 4.74 Å². The van der Waals surface area contributed by atoms with E-state index in [-0.39, 0.29) is 18.1 Å². The van der Waals surface area contributed by atoms with Gasteiger partial charge in [-0.05, 0) is 51.2 Å². The van der Waals surface area contributed by atoms with Gasteiger partial charge < -0.3 is 14.0 Å². The van der Waals surface area contributed by atoms with E-state index in [0.29, 0.717) is 23.6 Å². The second-order valence-corrected chi connectivity index (χ2v) is 8.71. The van der Waals surface area contributed by atoms with Crippen molar-refractivity contribution in [2.24, 2.45) is 0 Å². The number of aryl methyl sites for hydroxylation is 1. The van der Waals surface area contributed by atoms with Gasteiger partial charge in [0.25, 0.3) is 11.8 Å². The number of likely N-dealkylation sites (tertiary alicyclic amines) is 1. The van der Waals surface area contributed by atoms with Crippen molar-refractivity contribution in [3.05, 3.63) is 59.7 Å². The number of nitriles is 1. The van der Waals surface area contributed by atoms with E-state index in [1.165, 1.54) is 0 Å². The molecule has 0 N–H and O–H groups in total. The van der Waals surface area contributed by atoms with Crippen molar-refractivity contribution in [3.8, 4) is 11.9 Å². The molecule has 1 aliphatic heterocycles. The molecule has 7 heteroatoms. The molecule has 2 aliphatic rings. The summed E-state index contributed by atoms with van der Waals surface area (Å²) in [5.41, 5.74) is 2.58. The molecule has 1 aromatic carbocycles. The van der Waals surface area contributed by atoms with Crippen molar-refractivity contribution < 1.29 is 9.53 Å². The monoisotopic (exact) mass is 415 g/mol. The van der Waals surface area contributed by atoms with Crippen molar-refractivity contribution in [3.63, 3.8) is 0 Å². The van der Waals surface area contributed by atoms with E-state index in [1.54, 1.807) is 6.20 Å². The second-order valence-electron chi connectivity index (χ2n) is 8.71. The molecule has 1 saturated heterocycles. The van der Waals surface area contributed by atoms with Crippen LogP contribution in [0.5, 0.6) is 5.88 Å². The summed E-state index contributed by atoms with van der Waals surface area (Å²) >= 11 is 0. The average Bonchev–Trinajstić information content (AvgIpc) is 3.49. The van der Waals surface area contributed by atoms with Crippen LogP contribution in [-0.4, -0.2) is 43.9 Å². The second kappa shape index (κ2) is 7.38. The molecule has 1 amide bonds. The maximum atomic E-state index is 13.6. The first kappa shape index (κ1) is 19.6. The van der Waals surface area contributed by atoms with E-state index >= 15 is 0 Å². The lowest BCUT2D eigenvalue weighted by Crippen LogP contribution is -2.49. The van der Waals surface area contributed by atoms with Crippen LogP contribution in [0.2, 0.25) is 0 Å². The maximum absolute atomic E-state index is 13.6. The van der Waals surface area contributed by atoms with Crippen molar-refractivity contribution >= 4 is 11.6 Å². The molecule has 1 aliphatic carbocycles. The topological polar surface area (TPSA) is 83.5 Å². The largest absolute Gasteiger partial charge is 0.470 e. The van der Waals surface area contributed by atoms with Gasteiger partial charge in [-0.25, -0.2) is 9.97 Å². The summed E-state index contributed by atoms with van der Waals surface area (Å²) in [6.45, 7) is 4.49. The Morgan fingerprint density at radius 2 is 2.10 bits per heavy atom. The quantitative estimate of drug-likeness (QED) is 0.649. The Bertz CT molecular complexity index is 1190. The number of nitrogens with zero attached hydrogens (tertiary/aromatic N) is 5. The van der Waals surface area contributed by atoms with Gasteiger partial charge in [-0.15, -0.1) is 0 Å². The lowest BCUT2D eigenvalue weighted by Gasteiger charge is -2.38. The number of rotatable bonds is 4. The molecule has 7 nitrogen and oxygen atoms in total. The Labute approximate surface area is 181 Å². The zero-order valence-electron chi connectivity index (χ0n) is 17.8. The summed E-state index contributed by atoms with van der Waals surface area (Å²) in [6.07, 6.45) is 8.64. The fourth-order valence-corrected chi connectivity index (χ4v) is 4.52. The predicted molar refractivity (Wildman–Crippen MR) is 115 cm³/mol. The highest BCUT2D eigenvalue weighted by molar-refractivity contribution is 5.96. The summed E-state index contributed by atoms with van der Waals surface area (Å²) in [4.78, 5) is 24.3. The smallest absolute Gasteiger partial charge is 0.258 e. The first-order valence-corrected chi connectivity index (χ1v) is 10.8. The van der Waals surface area contributed by atoms with Crippen LogP contribution in [0.1, 0.15) is 54.2 Å². The highest BCUT2D eigenvalue weighted by atomic mass is 16.5. The Morgan fingerprint density at radius 1 is 1.29 bits per heavy atom. The van der Waals surface area contributed by atoms with Crippen molar-refractivity contribution in [2.45, 2.75) is 57.1 Å². The molecular weight excluding hydrogens is 390 g/mol. The van der Waals surface area contributed by atoms with Gasteiger partial charge in [0, 0.05) is 30.2 Å². The Morgan fingerprint density at radius 3 is 2.87 bits per heavy atom. The zero-order valence-corrected chi connectivity index (χ0v) is 17.8. The number of carbonyl (C=O) groups excluding carboxylic acids is 1. The van der Waals surface area contributed by atoms with Crippen LogP contribution in [0, 0.1) is 18.3 Å². The molecule has 31 heavy (non-hydrogen) atoms. The number of ether oxygens (including phenoxy) is 1. The van der Waals surface area contributed by atoms with Crippen LogP contribution in [0.25, 0.3) is 5.65 Å². The maximum Gasteiger partial charge on any atom is 0.258 e. The normalized spacial score (nSPS) is 22.2. The van der Waals surface area contributed by atoms with Gasteiger partial charge in [-0.2, -0.15) is 5.26 Å². The number of hydrogen-bond donors (Lipinski definition) is 0. The molecule has 3 aromatic rings. The minimum absolute atomic E-state index is 0.0271. The number of benzene rings is 1. The van der Waals surface area contributed by atoms with Crippen molar-refractivity contribution in [2.75, 3.05) is 6.54 Å². The van der Waals surface area contributed by atoms with Crippen LogP contribution in [0.15, 0.2) is 42.9 Å². The van der Waals surface area contributed by atoms with Crippen molar-refractivity contribution in [1.29, 1.82) is 5.26 Å². The fraction of sp³-hybridized carbons (Fsp3) is 0.417. The molecule has 158 valence electrons.